The van der Waals surface area contributed by atoms with Gasteiger partial charge in [0.25, 0.3) is 0 Å². The summed E-state index contributed by atoms with van der Waals surface area (Å²) in [5, 5.41) is 0. The van der Waals surface area contributed by atoms with Crippen LogP contribution in [-0.4, -0.2) is 38.0 Å². The Kier molecular flexibility index (Phi) is 3.93. The van der Waals surface area contributed by atoms with Gasteiger partial charge in [-0.15, -0.1) is 0 Å². The zero-order chi connectivity index (χ0) is 16.8. The van der Waals surface area contributed by atoms with Crippen LogP contribution in [-0.2, 0) is 18.8 Å². The number of ether oxygens (including phenoxy) is 2. The van der Waals surface area contributed by atoms with Crippen LogP contribution < -0.4 is 10.2 Å². The molecule has 0 saturated carbocycles. The highest BCUT2D eigenvalue weighted by molar-refractivity contribution is 6.62. The molecule has 1 fully saturated rings. The second kappa shape index (κ2) is 5.53. The second-order valence-corrected chi connectivity index (χ2v) is 7.10. The highest BCUT2D eigenvalue weighted by atomic mass is 16.7. The molecule has 0 radical (unpaired) electrons. The molecular weight excluding hydrogens is 295 g/mol. The summed E-state index contributed by atoms with van der Waals surface area (Å²) in [5.74, 6) is 0.216. The standard InChI is InChI=1S/C17H23BO5/c1-16(2)17(3,4)23-18(22-16)11-6-7-12-13(15(19)20-5)8-9-21-14(12)10-11/h6-7,10,13H,8-9H2,1-5H3. The molecule has 0 N–H and O–H groups in total. The zero-order valence-corrected chi connectivity index (χ0v) is 14.3. The van der Waals surface area contributed by atoms with Crippen molar-refractivity contribution in [3.63, 3.8) is 0 Å². The van der Waals surface area contributed by atoms with Crippen molar-refractivity contribution in [3.05, 3.63) is 23.8 Å². The maximum absolute atomic E-state index is 11.9. The van der Waals surface area contributed by atoms with E-state index in [0.29, 0.717) is 18.8 Å². The first-order valence-corrected chi connectivity index (χ1v) is 7.95. The van der Waals surface area contributed by atoms with Crippen molar-refractivity contribution in [1.82, 2.24) is 0 Å². The molecule has 6 heteroatoms. The highest BCUT2D eigenvalue weighted by Gasteiger charge is 2.51. The van der Waals surface area contributed by atoms with Crippen LogP contribution in [0.1, 0.15) is 45.6 Å². The minimum Gasteiger partial charge on any atom is -0.493 e. The number of hydrogen-bond acceptors (Lipinski definition) is 5. The average molecular weight is 318 g/mol. The molecule has 3 rings (SSSR count). The van der Waals surface area contributed by atoms with Gasteiger partial charge in [-0.2, -0.15) is 0 Å². The van der Waals surface area contributed by atoms with Crippen LogP contribution in [0, 0.1) is 0 Å². The van der Waals surface area contributed by atoms with Crippen molar-refractivity contribution in [2.45, 2.75) is 51.2 Å². The summed E-state index contributed by atoms with van der Waals surface area (Å²) < 4.78 is 22.8. The van der Waals surface area contributed by atoms with Crippen LogP contribution in [0.5, 0.6) is 5.75 Å². The summed E-state index contributed by atoms with van der Waals surface area (Å²) in [5.41, 5.74) is 0.989. The number of rotatable bonds is 2. The van der Waals surface area contributed by atoms with Gasteiger partial charge in [0, 0.05) is 5.56 Å². The van der Waals surface area contributed by atoms with E-state index >= 15 is 0 Å². The summed E-state index contributed by atoms with van der Waals surface area (Å²) in [6.07, 6.45) is 0.634. The fraction of sp³-hybridized carbons (Fsp3) is 0.588. The van der Waals surface area contributed by atoms with Crippen LogP contribution in [0.25, 0.3) is 0 Å². The lowest BCUT2D eigenvalue weighted by Crippen LogP contribution is -2.41. The Labute approximate surface area is 137 Å². The summed E-state index contributed by atoms with van der Waals surface area (Å²) in [4.78, 5) is 11.9. The molecule has 2 aliphatic heterocycles. The van der Waals surface area contributed by atoms with Crippen LogP contribution in [0.4, 0.5) is 0 Å². The fourth-order valence-electron chi connectivity index (χ4n) is 2.92. The van der Waals surface area contributed by atoms with Crippen LogP contribution in [0.2, 0.25) is 0 Å². The number of esters is 1. The summed E-state index contributed by atoms with van der Waals surface area (Å²) in [6.45, 7) is 8.59. The monoisotopic (exact) mass is 318 g/mol. The normalized spacial score (nSPS) is 24.7. The predicted octanol–water partition coefficient (Wildman–Crippen LogP) is 2.02. The summed E-state index contributed by atoms with van der Waals surface area (Å²) in [6, 6.07) is 5.76. The molecule has 1 aromatic rings. The number of benzene rings is 1. The van der Waals surface area contributed by atoms with E-state index in [1.54, 1.807) is 0 Å². The lowest BCUT2D eigenvalue weighted by Gasteiger charge is -2.32. The minimum atomic E-state index is -0.438. The summed E-state index contributed by atoms with van der Waals surface area (Å²) in [7, 11) is 0.975. The number of carbonyl (C=O) groups excluding carboxylic acids is 1. The van der Waals surface area contributed by atoms with E-state index < -0.39 is 7.12 Å². The van der Waals surface area contributed by atoms with Crippen molar-refractivity contribution >= 4 is 18.6 Å². The molecule has 1 saturated heterocycles. The van der Waals surface area contributed by atoms with Gasteiger partial charge >= 0.3 is 13.1 Å². The van der Waals surface area contributed by atoms with Gasteiger partial charge in [0.2, 0.25) is 0 Å². The van der Waals surface area contributed by atoms with E-state index in [1.807, 2.05) is 45.9 Å². The van der Waals surface area contributed by atoms with Crippen LogP contribution >= 0.6 is 0 Å². The molecule has 0 amide bonds. The van der Waals surface area contributed by atoms with Gasteiger partial charge in [-0.05, 0) is 45.6 Å². The van der Waals surface area contributed by atoms with Crippen molar-refractivity contribution in [2.75, 3.05) is 13.7 Å². The van der Waals surface area contributed by atoms with Gasteiger partial charge < -0.3 is 18.8 Å². The van der Waals surface area contributed by atoms with Gasteiger partial charge in [0.1, 0.15) is 5.75 Å². The Balaban J connectivity index is 1.89. The fourth-order valence-corrected chi connectivity index (χ4v) is 2.92. The maximum atomic E-state index is 11.9. The number of carbonyl (C=O) groups is 1. The molecule has 0 aliphatic carbocycles. The van der Waals surface area contributed by atoms with E-state index in [1.165, 1.54) is 7.11 Å². The number of methoxy groups -OCH3 is 1. The van der Waals surface area contributed by atoms with Crippen LogP contribution in [0.15, 0.2) is 18.2 Å². The zero-order valence-electron chi connectivity index (χ0n) is 14.3. The van der Waals surface area contributed by atoms with Gasteiger partial charge in [-0.1, -0.05) is 12.1 Å². The highest BCUT2D eigenvalue weighted by Crippen LogP contribution is 2.38. The Morgan fingerprint density at radius 3 is 2.48 bits per heavy atom. The summed E-state index contributed by atoms with van der Waals surface area (Å²) >= 11 is 0. The van der Waals surface area contributed by atoms with E-state index in [2.05, 4.69) is 0 Å². The van der Waals surface area contributed by atoms with E-state index in [0.717, 1.165) is 11.0 Å². The molecule has 2 aliphatic rings. The van der Waals surface area contributed by atoms with Gasteiger partial charge in [-0.25, -0.2) is 0 Å². The first-order valence-electron chi connectivity index (χ1n) is 7.95. The number of hydrogen-bond donors (Lipinski definition) is 0. The molecule has 1 aromatic carbocycles. The molecule has 2 heterocycles. The molecule has 1 atom stereocenters. The minimum absolute atomic E-state index is 0.224. The SMILES string of the molecule is COC(=O)C1CCOc2cc(B3OC(C)(C)C(C)(C)O3)ccc21. The molecule has 0 bridgehead atoms. The second-order valence-electron chi connectivity index (χ2n) is 7.10. The molecule has 0 aromatic heterocycles. The first kappa shape index (κ1) is 16.3. The third-order valence-electron chi connectivity index (χ3n) is 5.09. The quantitative estimate of drug-likeness (QED) is 0.617. The molecule has 1 unspecified atom stereocenters. The molecule has 23 heavy (non-hydrogen) atoms. The molecular formula is C17H23BO5. The third kappa shape index (κ3) is 2.74. The van der Waals surface area contributed by atoms with E-state index in [9.17, 15) is 4.79 Å². The predicted molar refractivity (Wildman–Crippen MR) is 87.0 cm³/mol. The van der Waals surface area contributed by atoms with Gasteiger partial charge in [0.15, 0.2) is 0 Å². The third-order valence-corrected chi connectivity index (χ3v) is 5.09. The Morgan fingerprint density at radius 2 is 1.87 bits per heavy atom. The Morgan fingerprint density at radius 1 is 1.22 bits per heavy atom. The van der Waals surface area contributed by atoms with Crippen molar-refractivity contribution in [2.24, 2.45) is 0 Å². The van der Waals surface area contributed by atoms with Gasteiger partial charge in [-0.3, -0.25) is 4.79 Å². The topological polar surface area (TPSA) is 54.0 Å². The largest absolute Gasteiger partial charge is 0.494 e. The average Bonchev–Trinajstić information content (AvgIpc) is 2.73. The smallest absolute Gasteiger partial charge is 0.493 e. The van der Waals surface area contributed by atoms with Crippen LogP contribution in [0.3, 0.4) is 0 Å². The lowest BCUT2D eigenvalue weighted by atomic mass is 9.77. The Bertz CT molecular complexity index is 609. The molecule has 124 valence electrons. The van der Waals surface area contributed by atoms with Gasteiger partial charge in [0.05, 0.1) is 30.8 Å². The van der Waals surface area contributed by atoms with Crippen molar-refractivity contribution in [1.29, 1.82) is 0 Å². The number of fused-ring (bicyclic) bond motifs is 1. The maximum Gasteiger partial charge on any atom is 0.494 e. The Hall–Kier alpha value is -1.53. The molecule has 0 spiro atoms. The van der Waals surface area contributed by atoms with E-state index in [4.69, 9.17) is 18.8 Å². The molecule has 5 nitrogen and oxygen atoms in total. The van der Waals surface area contributed by atoms with Crippen molar-refractivity contribution < 1.29 is 23.6 Å². The van der Waals surface area contributed by atoms with E-state index in [-0.39, 0.29) is 23.1 Å². The van der Waals surface area contributed by atoms with Crippen molar-refractivity contribution in [3.8, 4) is 5.75 Å². The lowest BCUT2D eigenvalue weighted by molar-refractivity contribution is -0.143. The first-order chi connectivity index (χ1) is 10.7.